The van der Waals surface area contributed by atoms with Crippen LogP contribution >= 0.6 is 0 Å². The molecule has 0 spiro atoms. The van der Waals surface area contributed by atoms with E-state index in [1.165, 1.54) is 18.5 Å². The Kier molecular flexibility index (Phi) is 5.72. The number of anilines is 2. The summed E-state index contributed by atoms with van der Waals surface area (Å²) in [5.41, 5.74) is 0.919. The van der Waals surface area contributed by atoms with Crippen molar-refractivity contribution in [3.05, 3.63) is 36.2 Å². The van der Waals surface area contributed by atoms with Gasteiger partial charge in [0.05, 0.1) is 12.1 Å². The molecule has 1 saturated heterocycles. The number of amides is 1. The smallest absolute Gasteiger partial charge is 0.352 e. The molecule has 1 aliphatic rings. The quantitative estimate of drug-likeness (QED) is 0.657. The molecule has 2 aromatic heterocycles. The lowest BCUT2D eigenvalue weighted by Gasteiger charge is -2.34. The van der Waals surface area contributed by atoms with E-state index in [-0.39, 0.29) is 12.5 Å². The van der Waals surface area contributed by atoms with Crippen molar-refractivity contribution < 1.29 is 18.0 Å². The number of piperazine rings is 1. The standard InChI is InChI=1S/C19H21F3N8O/c1-2-30-18-16(26-27-30)17(23-12-24-18)29-9-7-28(8-10-29)11-15(31)25-14-5-3-13(4-6-14)19(20,21)22/h3-6,12H,2,7-11H2,1H3,(H,25,31). The van der Waals surface area contributed by atoms with Crippen molar-refractivity contribution in [2.45, 2.75) is 19.6 Å². The number of fused-ring (bicyclic) bond motifs is 1. The van der Waals surface area contributed by atoms with Crippen molar-refractivity contribution in [3.63, 3.8) is 0 Å². The summed E-state index contributed by atoms with van der Waals surface area (Å²) >= 11 is 0. The largest absolute Gasteiger partial charge is 0.416 e. The van der Waals surface area contributed by atoms with Gasteiger partial charge < -0.3 is 10.2 Å². The number of hydrogen-bond acceptors (Lipinski definition) is 7. The van der Waals surface area contributed by atoms with E-state index in [1.807, 2.05) is 11.8 Å². The van der Waals surface area contributed by atoms with Crippen LogP contribution in [0.5, 0.6) is 0 Å². The number of benzene rings is 1. The summed E-state index contributed by atoms with van der Waals surface area (Å²) < 4.78 is 39.6. The highest BCUT2D eigenvalue weighted by atomic mass is 19.4. The highest BCUT2D eigenvalue weighted by molar-refractivity contribution is 5.92. The molecule has 164 valence electrons. The van der Waals surface area contributed by atoms with Crippen LogP contribution in [-0.4, -0.2) is 68.5 Å². The molecule has 12 heteroatoms. The molecule has 0 aliphatic carbocycles. The van der Waals surface area contributed by atoms with Gasteiger partial charge in [-0.15, -0.1) is 5.10 Å². The third kappa shape index (κ3) is 4.58. The Labute approximate surface area is 175 Å². The molecule has 1 aliphatic heterocycles. The molecule has 31 heavy (non-hydrogen) atoms. The molecule has 1 N–H and O–H groups in total. The first-order valence-electron chi connectivity index (χ1n) is 9.83. The van der Waals surface area contributed by atoms with Gasteiger partial charge in [-0.1, -0.05) is 5.21 Å². The number of hydrogen-bond donors (Lipinski definition) is 1. The molecule has 0 unspecified atom stereocenters. The number of nitrogens with one attached hydrogen (secondary N) is 1. The number of nitrogens with zero attached hydrogens (tertiary/aromatic N) is 7. The Morgan fingerprint density at radius 2 is 1.81 bits per heavy atom. The first kappa shape index (κ1) is 21.0. The maximum atomic E-state index is 12.6. The molecular weight excluding hydrogens is 413 g/mol. The molecule has 1 aromatic carbocycles. The molecule has 3 heterocycles. The summed E-state index contributed by atoms with van der Waals surface area (Å²) in [4.78, 5) is 25.0. The molecule has 0 atom stereocenters. The Morgan fingerprint density at radius 1 is 1.10 bits per heavy atom. The van der Waals surface area contributed by atoms with Crippen LogP contribution in [-0.2, 0) is 17.5 Å². The van der Waals surface area contributed by atoms with Crippen molar-refractivity contribution in [2.24, 2.45) is 0 Å². The third-order valence-electron chi connectivity index (χ3n) is 5.12. The highest BCUT2D eigenvalue weighted by Gasteiger charge is 2.30. The molecule has 0 radical (unpaired) electrons. The topological polar surface area (TPSA) is 92.1 Å². The number of rotatable bonds is 5. The Hall–Kier alpha value is -3.28. The fourth-order valence-electron chi connectivity index (χ4n) is 3.49. The van der Waals surface area contributed by atoms with Crippen LogP contribution in [0, 0.1) is 0 Å². The van der Waals surface area contributed by atoms with Crippen LogP contribution < -0.4 is 10.2 Å². The minimum Gasteiger partial charge on any atom is -0.352 e. The average molecular weight is 434 g/mol. The second kappa shape index (κ2) is 8.46. The van der Waals surface area contributed by atoms with Crippen LogP contribution in [0.15, 0.2) is 30.6 Å². The van der Waals surface area contributed by atoms with Gasteiger partial charge in [0.2, 0.25) is 5.91 Å². The summed E-state index contributed by atoms with van der Waals surface area (Å²) in [5, 5.41) is 10.9. The number of alkyl halides is 3. The van der Waals surface area contributed by atoms with Gasteiger partial charge in [-0.25, -0.2) is 14.6 Å². The lowest BCUT2D eigenvalue weighted by molar-refractivity contribution is -0.137. The minimum atomic E-state index is -4.40. The van der Waals surface area contributed by atoms with E-state index < -0.39 is 11.7 Å². The Balaban J connectivity index is 1.32. The van der Waals surface area contributed by atoms with Gasteiger partial charge in [-0.2, -0.15) is 13.2 Å². The summed E-state index contributed by atoms with van der Waals surface area (Å²) in [6.07, 6.45) is -2.90. The highest BCUT2D eigenvalue weighted by Crippen LogP contribution is 2.29. The summed E-state index contributed by atoms with van der Waals surface area (Å²) in [6, 6.07) is 4.40. The maximum Gasteiger partial charge on any atom is 0.416 e. The fourth-order valence-corrected chi connectivity index (χ4v) is 3.49. The third-order valence-corrected chi connectivity index (χ3v) is 5.12. The Morgan fingerprint density at radius 3 is 2.45 bits per heavy atom. The number of halogens is 3. The minimum absolute atomic E-state index is 0.153. The monoisotopic (exact) mass is 434 g/mol. The van der Waals surface area contributed by atoms with Crippen LogP contribution in [0.4, 0.5) is 24.7 Å². The van der Waals surface area contributed by atoms with Crippen molar-refractivity contribution in [1.82, 2.24) is 29.9 Å². The number of carbonyl (C=O) groups is 1. The van der Waals surface area contributed by atoms with Crippen molar-refractivity contribution in [3.8, 4) is 0 Å². The van der Waals surface area contributed by atoms with E-state index in [4.69, 9.17) is 0 Å². The molecule has 1 amide bonds. The van der Waals surface area contributed by atoms with E-state index in [1.54, 1.807) is 4.68 Å². The van der Waals surface area contributed by atoms with E-state index >= 15 is 0 Å². The molecule has 0 saturated carbocycles. The number of aromatic nitrogens is 5. The van der Waals surface area contributed by atoms with E-state index in [9.17, 15) is 18.0 Å². The maximum absolute atomic E-state index is 12.6. The zero-order valence-corrected chi connectivity index (χ0v) is 16.8. The second-order valence-electron chi connectivity index (χ2n) is 7.16. The second-order valence-corrected chi connectivity index (χ2v) is 7.16. The SMILES string of the molecule is CCn1nnc2c(N3CCN(CC(=O)Nc4ccc(C(F)(F)F)cc4)CC3)ncnc21. The zero-order valence-electron chi connectivity index (χ0n) is 16.8. The molecule has 1 fully saturated rings. The van der Waals surface area contributed by atoms with E-state index in [0.717, 1.165) is 18.0 Å². The van der Waals surface area contributed by atoms with Crippen LogP contribution in [0.1, 0.15) is 12.5 Å². The van der Waals surface area contributed by atoms with Crippen molar-refractivity contribution in [1.29, 1.82) is 0 Å². The van der Waals surface area contributed by atoms with E-state index in [2.05, 4.69) is 30.5 Å². The first-order valence-corrected chi connectivity index (χ1v) is 9.83. The lowest BCUT2D eigenvalue weighted by Crippen LogP contribution is -2.49. The summed E-state index contributed by atoms with van der Waals surface area (Å²) in [5.74, 6) is 0.446. The molecule has 3 aromatic rings. The predicted molar refractivity (Wildman–Crippen MR) is 108 cm³/mol. The summed E-state index contributed by atoms with van der Waals surface area (Å²) in [7, 11) is 0. The summed E-state index contributed by atoms with van der Waals surface area (Å²) in [6.45, 7) is 5.35. The van der Waals surface area contributed by atoms with Gasteiger partial charge >= 0.3 is 6.18 Å². The van der Waals surface area contributed by atoms with Gasteiger partial charge in [-0.3, -0.25) is 9.69 Å². The number of aryl methyl sites for hydroxylation is 1. The molecular formula is C19H21F3N8O. The number of carbonyl (C=O) groups excluding carboxylic acids is 1. The first-order chi connectivity index (χ1) is 14.8. The fraction of sp³-hybridized carbons (Fsp3) is 0.421. The van der Waals surface area contributed by atoms with E-state index in [0.29, 0.717) is 49.6 Å². The van der Waals surface area contributed by atoms with Crippen molar-refractivity contribution in [2.75, 3.05) is 42.9 Å². The van der Waals surface area contributed by atoms with Crippen LogP contribution in [0.3, 0.4) is 0 Å². The zero-order chi connectivity index (χ0) is 22.0. The van der Waals surface area contributed by atoms with Crippen LogP contribution in [0.2, 0.25) is 0 Å². The van der Waals surface area contributed by atoms with Gasteiger partial charge in [0, 0.05) is 38.4 Å². The van der Waals surface area contributed by atoms with Crippen molar-refractivity contribution >= 4 is 28.6 Å². The van der Waals surface area contributed by atoms with Gasteiger partial charge in [-0.05, 0) is 31.2 Å². The van der Waals surface area contributed by atoms with Gasteiger partial charge in [0.15, 0.2) is 17.0 Å². The van der Waals surface area contributed by atoms with Crippen LogP contribution in [0.25, 0.3) is 11.2 Å². The Bertz CT molecular complexity index is 1060. The predicted octanol–water partition coefficient (Wildman–Crippen LogP) is 2.02. The lowest BCUT2D eigenvalue weighted by atomic mass is 10.2. The average Bonchev–Trinajstić information content (AvgIpc) is 3.17. The molecule has 0 bridgehead atoms. The van der Waals surface area contributed by atoms with Gasteiger partial charge in [0.1, 0.15) is 6.33 Å². The molecule has 4 rings (SSSR count). The normalized spacial score (nSPS) is 15.4. The molecule has 9 nitrogen and oxygen atoms in total. The van der Waals surface area contributed by atoms with Gasteiger partial charge in [0.25, 0.3) is 0 Å².